The minimum atomic E-state index is -2.97. The molecule has 1 unspecified atom stereocenters. The molecule has 18 heavy (non-hydrogen) atoms. The van der Waals surface area contributed by atoms with Crippen molar-refractivity contribution in [2.24, 2.45) is 10.7 Å². The average molecular weight is 265 g/mol. The van der Waals surface area contributed by atoms with E-state index in [9.17, 15) is 8.42 Å². The first-order chi connectivity index (χ1) is 8.53. The van der Waals surface area contributed by atoms with Crippen molar-refractivity contribution in [2.45, 2.75) is 12.0 Å². The lowest BCUT2D eigenvalue weighted by Gasteiger charge is -2.34. The summed E-state index contributed by atoms with van der Waals surface area (Å²) >= 11 is 0. The minimum absolute atomic E-state index is 0.138. The number of benzene rings is 1. The number of guanidine groups is 1. The Morgan fingerprint density at radius 1 is 1.28 bits per heavy atom. The quantitative estimate of drug-likeness (QED) is 0.796. The first-order valence-corrected chi connectivity index (χ1v) is 7.70. The summed E-state index contributed by atoms with van der Waals surface area (Å²) in [6, 6.07) is 9.61. The highest BCUT2D eigenvalue weighted by Gasteiger charge is 2.50. The van der Waals surface area contributed by atoms with Crippen molar-refractivity contribution in [3.05, 3.63) is 30.3 Å². The van der Waals surface area contributed by atoms with Crippen LogP contribution in [0.1, 0.15) is 6.42 Å². The Balaban J connectivity index is 2.03. The highest BCUT2D eigenvalue weighted by molar-refractivity contribution is 7.91. The maximum absolute atomic E-state index is 11.8. The number of aliphatic imine (C=N–C) groups is 1. The van der Waals surface area contributed by atoms with Gasteiger partial charge in [0.2, 0.25) is 0 Å². The van der Waals surface area contributed by atoms with Gasteiger partial charge in [-0.2, -0.15) is 0 Å². The summed E-state index contributed by atoms with van der Waals surface area (Å²) in [5.41, 5.74) is 6.38. The summed E-state index contributed by atoms with van der Waals surface area (Å²) in [6.07, 6.45) is 0.592. The van der Waals surface area contributed by atoms with Crippen molar-refractivity contribution in [3.8, 4) is 0 Å². The highest BCUT2D eigenvalue weighted by Crippen LogP contribution is 2.36. The summed E-state index contributed by atoms with van der Waals surface area (Å²) in [4.78, 5) is 6.14. The van der Waals surface area contributed by atoms with Crippen LogP contribution in [0, 0.1) is 0 Å². The molecule has 1 spiro atoms. The van der Waals surface area contributed by atoms with Crippen molar-refractivity contribution in [1.82, 2.24) is 0 Å². The average Bonchev–Trinajstić information content (AvgIpc) is 2.81. The van der Waals surface area contributed by atoms with Crippen LogP contribution in [0.15, 0.2) is 35.3 Å². The van der Waals surface area contributed by atoms with Gasteiger partial charge in [0.25, 0.3) is 0 Å². The molecule has 2 aliphatic rings. The van der Waals surface area contributed by atoms with Gasteiger partial charge in [0.05, 0.1) is 23.6 Å². The van der Waals surface area contributed by atoms with E-state index in [0.29, 0.717) is 18.9 Å². The first kappa shape index (κ1) is 11.5. The molecule has 1 atom stereocenters. The Morgan fingerprint density at radius 3 is 2.61 bits per heavy atom. The van der Waals surface area contributed by atoms with E-state index in [4.69, 9.17) is 5.73 Å². The number of hydrogen-bond acceptors (Lipinski definition) is 5. The molecule has 2 aliphatic heterocycles. The summed E-state index contributed by atoms with van der Waals surface area (Å²) < 4.78 is 23.5. The van der Waals surface area contributed by atoms with Gasteiger partial charge < -0.3 is 10.6 Å². The van der Waals surface area contributed by atoms with Gasteiger partial charge >= 0.3 is 0 Å². The van der Waals surface area contributed by atoms with Crippen LogP contribution in [0.4, 0.5) is 5.69 Å². The molecule has 2 N–H and O–H groups in total. The standard InChI is InChI=1S/C12H15N3O2S/c13-11-14-8-12(6-7-18(16,17)9-12)15(11)10-4-2-1-3-5-10/h1-5H,6-9H2,(H2,13,14). The molecule has 1 aromatic rings. The van der Waals surface area contributed by atoms with Crippen LogP contribution in [0.25, 0.3) is 0 Å². The zero-order valence-electron chi connectivity index (χ0n) is 9.91. The Labute approximate surface area is 106 Å². The summed E-state index contributed by atoms with van der Waals surface area (Å²) in [7, 11) is -2.97. The fourth-order valence-electron chi connectivity index (χ4n) is 2.80. The molecule has 0 saturated carbocycles. The molecule has 6 heteroatoms. The van der Waals surface area contributed by atoms with Crippen molar-refractivity contribution >= 4 is 21.5 Å². The zero-order valence-corrected chi connectivity index (χ0v) is 10.7. The van der Waals surface area contributed by atoms with Gasteiger partial charge in [-0.05, 0) is 18.6 Å². The Kier molecular flexibility index (Phi) is 2.38. The van der Waals surface area contributed by atoms with E-state index < -0.39 is 15.4 Å². The van der Waals surface area contributed by atoms with E-state index in [1.54, 1.807) is 0 Å². The molecule has 0 amide bonds. The van der Waals surface area contributed by atoms with Gasteiger partial charge in [-0.15, -0.1) is 0 Å². The second-order valence-corrected chi connectivity index (χ2v) is 7.10. The third-order valence-corrected chi connectivity index (χ3v) is 5.42. The molecule has 2 heterocycles. The molecular weight excluding hydrogens is 250 g/mol. The lowest BCUT2D eigenvalue weighted by Crippen LogP contribution is -2.53. The van der Waals surface area contributed by atoms with Gasteiger partial charge in [-0.3, -0.25) is 4.99 Å². The molecule has 0 radical (unpaired) electrons. The lowest BCUT2D eigenvalue weighted by molar-refractivity contribution is 0.513. The Morgan fingerprint density at radius 2 is 2.00 bits per heavy atom. The van der Waals surface area contributed by atoms with Crippen LogP contribution in [-0.2, 0) is 9.84 Å². The van der Waals surface area contributed by atoms with Gasteiger partial charge in [-0.1, -0.05) is 18.2 Å². The predicted molar refractivity (Wildman–Crippen MR) is 71.4 cm³/mol. The van der Waals surface area contributed by atoms with Crippen LogP contribution in [-0.4, -0.2) is 38.0 Å². The lowest BCUT2D eigenvalue weighted by atomic mass is 9.97. The van der Waals surface area contributed by atoms with E-state index in [0.717, 1.165) is 5.69 Å². The second-order valence-electron chi connectivity index (χ2n) is 4.91. The van der Waals surface area contributed by atoms with Crippen LogP contribution in [0.5, 0.6) is 0 Å². The maximum Gasteiger partial charge on any atom is 0.196 e. The van der Waals surface area contributed by atoms with Crippen molar-refractivity contribution in [2.75, 3.05) is 23.0 Å². The van der Waals surface area contributed by atoms with Gasteiger partial charge in [-0.25, -0.2) is 8.42 Å². The predicted octanol–water partition coefficient (Wildman–Crippen LogP) is 0.379. The molecule has 5 nitrogen and oxygen atoms in total. The molecule has 0 aliphatic carbocycles. The summed E-state index contributed by atoms with van der Waals surface area (Å²) in [6.45, 7) is 0.465. The molecule has 1 aromatic carbocycles. The number of para-hydroxylation sites is 1. The maximum atomic E-state index is 11.8. The third-order valence-electron chi connectivity index (χ3n) is 3.62. The smallest absolute Gasteiger partial charge is 0.196 e. The number of rotatable bonds is 1. The van der Waals surface area contributed by atoms with E-state index >= 15 is 0 Å². The van der Waals surface area contributed by atoms with Gasteiger partial charge in [0.1, 0.15) is 0 Å². The van der Waals surface area contributed by atoms with Crippen molar-refractivity contribution in [3.63, 3.8) is 0 Å². The molecular formula is C12H15N3O2S. The van der Waals surface area contributed by atoms with E-state index in [1.165, 1.54) is 0 Å². The van der Waals surface area contributed by atoms with Gasteiger partial charge in [0, 0.05) is 5.69 Å². The number of anilines is 1. The number of sulfone groups is 1. The number of nitrogens with two attached hydrogens (primary N) is 1. The Bertz CT molecular complexity index is 597. The van der Waals surface area contributed by atoms with E-state index in [1.807, 2.05) is 35.2 Å². The molecule has 1 saturated heterocycles. The summed E-state index contributed by atoms with van der Waals surface area (Å²) in [5, 5.41) is 0. The van der Waals surface area contributed by atoms with E-state index in [2.05, 4.69) is 4.99 Å². The number of nitrogens with zero attached hydrogens (tertiary/aromatic N) is 2. The normalized spacial score (nSPS) is 29.8. The third kappa shape index (κ3) is 1.68. The van der Waals surface area contributed by atoms with Crippen LogP contribution < -0.4 is 10.6 Å². The molecule has 1 fully saturated rings. The second kappa shape index (κ2) is 3.71. The topological polar surface area (TPSA) is 75.8 Å². The van der Waals surface area contributed by atoms with Crippen molar-refractivity contribution in [1.29, 1.82) is 0 Å². The Hall–Kier alpha value is -1.56. The highest BCUT2D eigenvalue weighted by atomic mass is 32.2. The molecule has 0 bridgehead atoms. The van der Waals surface area contributed by atoms with E-state index in [-0.39, 0.29) is 11.5 Å². The van der Waals surface area contributed by atoms with Crippen LogP contribution >= 0.6 is 0 Å². The largest absolute Gasteiger partial charge is 0.369 e. The monoisotopic (exact) mass is 265 g/mol. The van der Waals surface area contributed by atoms with Crippen LogP contribution in [0.3, 0.4) is 0 Å². The zero-order chi connectivity index (χ0) is 12.8. The molecule has 96 valence electrons. The van der Waals surface area contributed by atoms with Crippen LogP contribution in [0.2, 0.25) is 0 Å². The fraction of sp³-hybridized carbons (Fsp3) is 0.417. The minimum Gasteiger partial charge on any atom is -0.369 e. The first-order valence-electron chi connectivity index (χ1n) is 5.88. The molecule has 3 rings (SSSR count). The van der Waals surface area contributed by atoms with Crippen molar-refractivity contribution < 1.29 is 8.42 Å². The fourth-order valence-corrected chi connectivity index (χ4v) is 4.81. The summed E-state index contributed by atoms with van der Waals surface area (Å²) in [5.74, 6) is 0.774. The SMILES string of the molecule is NC1=NCC2(CCS(=O)(=O)C2)N1c1ccccc1. The van der Waals surface area contributed by atoms with Gasteiger partial charge in [0.15, 0.2) is 15.8 Å². The molecule has 0 aromatic heterocycles. The number of hydrogen-bond donors (Lipinski definition) is 1.